The summed E-state index contributed by atoms with van der Waals surface area (Å²) in [6.07, 6.45) is 3.67. The van der Waals surface area contributed by atoms with E-state index in [1.165, 1.54) is 11.1 Å². The lowest BCUT2D eigenvalue weighted by Gasteiger charge is -2.22. The Balaban J connectivity index is 1.78. The zero-order valence-electron chi connectivity index (χ0n) is 11.1. The van der Waals surface area contributed by atoms with E-state index in [2.05, 4.69) is 34.1 Å². The van der Waals surface area contributed by atoms with Gasteiger partial charge in [0.15, 0.2) is 0 Å². The van der Waals surface area contributed by atoms with Crippen LogP contribution in [0.1, 0.15) is 21.6 Å². The molecule has 1 aliphatic heterocycles. The minimum absolute atomic E-state index is 0.0897. The molecule has 0 radical (unpaired) electrons. The van der Waals surface area contributed by atoms with Crippen LogP contribution >= 0.6 is 0 Å². The van der Waals surface area contributed by atoms with E-state index in [1.807, 2.05) is 6.07 Å². The van der Waals surface area contributed by atoms with Gasteiger partial charge in [-0.1, -0.05) is 24.3 Å². The van der Waals surface area contributed by atoms with Gasteiger partial charge in [-0.15, -0.1) is 0 Å². The van der Waals surface area contributed by atoms with Gasteiger partial charge in [-0.3, -0.25) is 0 Å². The first kappa shape index (κ1) is 12.7. The molecule has 0 spiro atoms. The predicted octanol–water partition coefficient (Wildman–Crippen LogP) is 2.39. The number of anilines is 1. The number of carboxylic acids is 1. The molecule has 1 aromatic carbocycles. The van der Waals surface area contributed by atoms with Crippen LogP contribution in [0.25, 0.3) is 0 Å². The number of rotatable bonds is 2. The number of hydrogen-bond donors (Lipinski definition) is 1. The van der Waals surface area contributed by atoms with Gasteiger partial charge in [-0.25, -0.2) is 9.78 Å². The third-order valence-corrected chi connectivity index (χ3v) is 3.75. The molecule has 4 nitrogen and oxygen atoms in total. The van der Waals surface area contributed by atoms with E-state index >= 15 is 0 Å². The van der Waals surface area contributed by atoms with Gasteiger partial charge >= 0.3 is 5.97 Å². The van der Waals surface area contributed by atoms with Crippen molar-refractivity contribution in [2.24, 2.45) is 0 Å². The number of carboxylic acid groups (broad SMARTS) is 1. The molecule has 3 rings (SSSR count). The third kappa shape index (κ3) is 2.50. The summed E-state index contributed by atoms with van der Waals surface area (Å²) < 4.78 is 0. The second-order valence-electron chi connectivity index (χ2n) is 4.96. The Morgan fingerprint density at radius 1 is 1.05 bits per heavy atom. The highest BCUT2D eigenvalue weighted by Gasteiger charge is 2.14. The summed E-state index contributed by atoms with van der Waals surface area (Å²) in [6, 6.07) is 11.9. The van der Waals surface area contributed by atoms with Gasteiger partial charge in [0.2, 0.25) is 0 Å². The molecule has 2 aromatic rings. The Labute approximate surface area is 117 Å². The molecule has 1 aromatic heterocycles. The number of benzene rings is 1. The Kier molecular flexibility index (Phi) is 3.37. The lowest BCUT2D eigenvalue weighted by atomic mass is 10.0. The summed E-state index contributed by atoms with van der Waals surface area (Å²) in [4.78, 5) is 17.1. The second-order valence-corrected chi connectivity index (χ2v) is 4.96. The van der Waals surface area contributed by atoms with Crippen LogP contribution in [0.4, 0.5) is 5.69 Å². The van der Waals surface area contributed by atoms with E-state index in [4.69, 9.17) is 5.11 Å². The predicted molar refractivity (Wildman–Crippen MR) is 77.3 cm³/mol. The molecule has 102 valence electrons. The monoisotopic (exact) mass is 268 g/mol. The van der Waals surface area contributed by atoms with Crippen molar-refractivity contribution < 1.29 is 9.90 Å². The highest BCUT2D eigenvalue weighted by Crippen LogP contribution is 2.20. The Bertz CT molecular complexity index is 596. The molecule has 0 saturated heterocycles. The number of aromatic nitrogens is 1. The van der Waals surface area contributed by atoms with Crippen LogP contribution in [0.5, 0.6) is 0 Å². The molecular weight excluding hydrogens is 252 g/mol. The van der Waals surface area contributed by atoms with Crippen LogP contribution in [-0.4, -0.2) is 29.1 Å². The summed E-state index contributed by atoms with van der Waals surface area (Å²) in [6.45, 7) is 1.87. The van der Waals surface area contributed by atoms with E-state index in [0.717, 1.165) is 31.6 Å². The topological polar surface area (TPSA) is 53.4 Å². The standard InChI is InChI=1S/C16H16N2O2/c19-16(20)15-6-5-14(11-17-15)18-9-7-12-3-1-2-4-13(12)8-10-18/h1-6,11H,7-10H2,(H,19,20). The molecule has 0 aliphatic carbocycles. The lowest BCUT2D eigenvalue weighted by molar-refractivity contribution is 0.0690. The number of carbonyl (C=O) groups is 1. The quantitative estimate of drug-likeness (QED) is 0.908. The molecule has 2 heterocycles. The Hall–Kier alpha value is -2.36. The molecule has 0 amide bonds. The maximum absolute atomic E-state index is 10.8. The van der Waals surface area contributed by atoms with Gasteiger partial charge in [-0.2, -0.15) is 0 Å². The van der Waals surface area contributed by atoms with E-state index < -0.39 is 5.97 Å². The van der Waals surface area contributed by atoms with Crippen LogP contribution in [-0.2, 0) is 12.8 Å². The molecule has 0 unspecified atom stereocenters. The average molecular weight is 268 g/mol. The van der Waals surface area contributed by atoms with Gasteiger partial charge in [0, 0.05) is 13.1 Å². The van der Waals surface area contributed by atoms with Crippen molar-refractivity contribution in [1.29, 1.82) is 0 Å². The summed E-state index contributed by atoms with van der Waals surface area (Å²) in [5, 5.41) is 8.87. The first-order chi connectivity index (χ1) is 9.74. The Morgan fingerprint density at radius 3 is 2.20 bits per heavy atom. The Morgan fingerprint density at radius 2 is 1.70 bits per heavy atom. The fourth-order valence-corrected chi connectivity index (χ4v) is 2.63. The van der Waals surface area contributed by atoms with Crippen molar-refractivity contribution >= 4 is 11.7 Å². The van der Waals surface area contributed by atoms with E-state index in [1.54, 1.807) is 12.3 Å². The largest absolute Gasteiger partial charge is 0.477 e. The van der Waals surface area contributed by atoms with Crippen molar-refractivity contribution in [3.8, 4) is 0 Å². The molecule has 0 atom stereocenters. The van der Waals surface area contributed by atoms with Crippen molar-refractivity contribution in [2.45, 2.75) is 12.8 Å². The van der Waals surface area contributed by atoms with Crippen LogP contribution in [0.3, 0.4) is 0 Å². The van der Waals surface area contributed by atoms with Crippen molar-refractivity contribution in [3.63, 3.8) is 0 Å². The van der Waals surface area contributed by atoms with E-state index in [-0.39, 0.29) is 5.69 Å². The summed E-state index contributed by atoms with van der Waals surface area (Å²) in [5.74, 6) is -0.986. The number of aromatic carboxylic acids is 1. The average Bonchev–Trinajstić information content (AvgIpc) is 2.70. The molecule has 1 N–H and O–H groups in total. The molecule has 20 heavy (non-hydrogen) atoms. The highest BCUT2D eigenvalue weighted by atomic mass is 16.4. The van der Waals surface area contributed by atoms with Crippen molar-refractivity contribution in [1.82, 2.24) is 4.98 Å². The molecule has 4 heteroatoms. The van der Waals surface area contributed by atoms with E-state index in [9.17, 15) is 4.79 Å². The maximum atomic E-state index is 10.8. The van der Waals surface area contributed by atoms with Crippen LogP contribution in [0, 0.1) is 0 Å². The summed E-state index contributed by atoms with van der Waals surface area (Å²) in [5.41, 5.74) is 3.89. The van der Waals surface area contributed by atoms with Crippen LogP contribution < -0.4 is 4.90 Å². The minimum atomic E-state index is -0.986. The molecular formula is C16H16N2O2. The summed E-state index contributed by atoms with van der Waals surface area (Å²) in [7, 11) is 0. The third-order valence-electron chi connectivity index (χ3n) is 3.75. The highest BCUT2D eigenvalue weighted by molar-refractivity contribution is 5.85. The fourth-order valence-electron chi connectivity index (χ4n) is 2.63. The minimum Gasteiger partial charge on any atom is -0.477 e. The number of fused-ring (bicyclic) bond motifs is 1. The van der Waals surface area contributed by atoms with Crippen molar-refractivity contribution in [2.75, 3.05) is 18.0 Å². The normalized spacial score (nSPS) is 14.5. The first-order valence-electron chi connectivity index (χ1n) is 6.75. The molecule has 0 saturated carbocycles. The van der Waals surface area contributed by atoms with Gasteiger partial charge < -0.3 is 10.0 Å². The maximum Gasteiger partial charge on any atom is 0.354 e. The molecule has 1 aliphatic rings. The molecule has 0 bridgehead atoms. The van der Waals surface area contributed by atoms with Crippen LogP contribution in [0.2, 0.25) is 0 Å². The van der Waals surface area contributed by atoms with Crippen LogP contribution in [0.15, 0.2) is 42.6 Å². The summed E-state index contributed by atoms with van der Waals surface area (Å²) >= 11 is 0. The molecule has 0 fully saturated rings. The van der Waals surface area contributed by atoms with Gasteiger partial charge in [0.05, 0.1) is 11.9 Å². The van der Waals surface area contributed by atoms with Gasteiger partial charge in [-0.05, 0) is 36.1 Å². The first-order valence-corrected chi connectivity index (χ1v) is 6.75. The number of hydrogen-bond acceptors (Lipinski definition) is 3. The zero-order chi connectivity index (χ0) is 13.9. The van der Waals surface area contributed by atoms with Gasteiger partial charge in [0.25, 0.3) is 0 Å². The lowest BCUT2D eigenvalue weighted by Crippen LogP contribution is -2.26. The SMILES string of the molecule is O=C(O)c1ccc(N2CCc3ccccc3CC2)cn1. The second kappa shape index (κ2) is 5.33. The van der Waals surface area contributed by atoms with E-state index in [0.29, 0.717) is 0 Å². The number of pyridine rings is 1. The van der Waals surface area contributed by atoms with Crippen molar-refractivity contribution in [3.05, 3.63) is 59.4 Å². The zero-order valence-corrected chi connectivity index (χ0v) is 11.1. The van der Waals surface area contributed by atoms with Gasteiger partial charge in [0.1, 0.15) is 5.69 Å². The number of nitrogens with zero attached hydrogens (tertiary/aromatic N) is 2. The smallest absolute Gasteiger partial charge is 0.354 e. The fraction of sp³-hybridized carbons (Fsp3) is 0.250.